The number of halogens is 3. The van der Waals surface area contributed by atoms with Crippen molar-refractivity contribution >= 4 is 21.4 Å². The summed E-state index contributed by atoms with van der Waals surface area (Å²) in [6.07, 6.45) is 2.53. The Morgan fingerprint density at radius 3 is 2.15 bits per heavy atom. The van der Waals surface area contributed by atoms with E-state index in [1.54, 1.807) is 0 Å². The van der Waals surface area contributed by atoms with Crippen molar-refractivity contribution in [2.45, 2.75) is 89.8 Å². The van der Waals surface area contributed by atoms with E-state index in [-0.39, 0.29) is 23.6 Å². The molecule has 6 nitrogen and oxygen atoms in total. The van der Waals surface area contributed by atoms with Gasteiger partial charge in [-0.2, -0.15) is 18.4 Å². The summed E-state index contributed by atoms with van der Waals surface area (Å²) in [4.78, 5) is 12.4. The van der Waals surface area contributed by atoms with Crippen LogP contribution in [0.3, 0.4) is 0 Å². The van der Waals surface area contributed by atoms with E-state index >= 15 is 0 Å². The van der Waals surface area contributed by atoms with Crippen LogP contribution >= 0.6 is 0 Å². The van der Waals surface area contributed by atoms with E-state index < -0.39 is 38.6 Å². The normalized spacial score (nSPS) is 13.8. The number of nitriles is 1. The summed E-state index contributed by atoms with van der Waals surface area (Å²) >= 11 is 0. The number of hydrogen-bond donors (Lipinski definition) is 2. The van der Waals surface area contributed by atoms with Gasteiger partial charge in [-0.25, -0.2) is 8.42 Å². The standard InChI is InChI=1S/C24H35F3N2O4S/c1-3-4-15-34(32,33)16-11-9-7-5-6-8-10-14-23(2,31)22(30)29-20-13-12-19(18-28)21(17-20)24(25,26)27/h12-13,17,31H,3-11,14-16H2,1-2H3,(H,29,30). The van der Waals surface area contributed by atoms with Gasteiger partial charge in [0.05, 0.1) is 28.7 Å². The van der Waals surface area contributed by atoms with Crippen LogP contribution in [0.1, 0.15) is 89.2 Å². The van der Waals surface area contributed by atoms with E-state index in [0.717, 1.165) is 44.6 Å². The molecular weight excluding hydrogens is 469 g/mol. The van der Waals surface area contributed by atoms with Crippen molar-refractivity contribution in [3.63, 3.8) is 0 Å². The van der Waals surface area contributed by atoms with E-state index in [9.17, 15) is 31.5 Å². The predicted octanol–water partition coefficient (Wildman–Crippen LogP) is 5.60. The minimum atomic E-state index is -4.74. The molecule has 2 N–H and O–H groups in total. The van der Waals surface area contributed by atoms with Crippen LogP contribution in [0.2, 0.25) is 0 Å². The molecule has 0 fully saturated rings. The summed E-state index contributed by atoms with van der Waals surface area (Å²) in [5, 5.41) is 21.6. The van der Waals surface area contributed by atoms with Crippen LogP contribution < -0.4 is 5.32 Å². The lowest BCUT2D eigenvalue weighted by molar-refractivity contribution is -0.138. The average molecular weight is 505 g/mol. The van der Waals surface area contributed by atoms with Crippen molar-refractivity contribution in [2.75, 3.05) is 16.8 Å². The molecule has 1 amide bonds. The van der Waals surface area contributed by atoms with Crippen molar-refractivity contribution in [3.05, 3.63) is 29.3 Å². The lowest BCUT2D eigenvalue weighted by Gasteiger charge is -2.22. The molecule has 0 aliphatic rings. The summed E-state index contributed by atoms with van der Waals surface area (Å²) < 4.78 is 62.8. The molecule has 0 heterocycles. The Hall–Kier alpha value is -2.12. The molecular formula is C24H35F3N2O4S. The zero-order chi connectivity index (χ0) is 25.8. The lowest BCUT2D eigenvalue weighted by Crippen LogP contribution is -2.40. The number of carbonyl (C=O) groups is 1. The second-order valence-corrected chi connectivity index (χ2v) is 11.1. The molecule has 0 aliphatic heterocycles. The quantitative estimate of drug-likeness (QED) is 0.302. The molecule has 1 aromatic rings. The number of amides is 1. The van der Waals surface area contributed by atoms with Gasteiger partial charge in [0.2, 0.25) is 0 Å². The second-order valence-electron chi connectivity index (χ2n) is 8.83. The lowest BCUT2D eigenvalue weighted by atomic mass is 9.96. The van der Waals surface area contributed by atoms with Crippen LogP contribution in [0.15, 0.2) is 18.2 Å². The first kappa shape index (κ1) is 29.9. The highest BCUT2D eigenvalue weighted by Crippen LogP contribution is 2.33. The Kier molecular flexibility index (Phi) is 12.0. The number of hydrogen-bond acceptors (Lipinski definition) is 5. The number of nitrogens with one attached hydrogen (secondary N) is 1. The molecule has 1 atom stereocenters. The minimum Gasteiger partial charge on any atom is -0.380 e. The van der Waals surface area contributed by atoms with Gasteiger partial charge < -0.3 is 10.4 Å². The van der Waals surface area contributed by atoms with Gasteiger partial charge in [0, 0.05) is 5.69 Å². The van der Waals surface area contributed by atoms with Gasteiger partial charge in [0.25, 0.3) is 5.91 Å². The van der Waals surface area contributed by atoms with E-state index in [1.807, 2.05) is 6.92 Å². The molecule has 0 saturated heterocycles. The Morgan fingerprint density at radius 2 is 1.59 bits per heavy atom. The van der Waals surface area contributed by atoms with E-state index in [0.29, 0.717) is 25.3 Å². The molecule has 1 rings (SSSR count). The first-order valence-electron chi connectivity index (χ1n) is 11.7. The highest BCUT2D eigenvalue weighted by molar-refractivity contribution is 7.91. The fourth-order valence-corrected chi connectivity index (χ4v) is 5.05. The van der Waals surface area contributed by atoms with Crippen molar-refractivity contribution in [1.82, 2.24) is 0 Å². The van der Waals surface area contributed by atoms with Crippen LogP contribution in [0.5, 0.6) is 0 Å². The molecule has 0 aromatic heterocycles. The SMILES string of the molecule is CCCCS(=O)(=O)CCCCCCCCCC(C)(O)C(=O)Nc1ccc(C#N)c(C(F)(F)F)c1. The van der Waals surface area contributed by atoms with Gasteiger partial charge >= 0.3 is 6.18 Å². The number of carbonyl (C=O) groups excluding carboxylic acids is 1. The van der Waals surface area contributed by atoms with Crippen LogP contribution in [0.4, 0.5) is 18.9 Å². The van der Waals surface area contributed by atoms with Gasteiger partial charge in [-0.1, -0.05) is 51.9 Å². The summed E-state index contributed by atoms with van der Waals surface area (Å²) in [7, 11) is -2.94. The summed E-state index contributed by atoms with van der Waals surface area (Å²) in [6.45, 7) is 3.28. The van der Waals surface area contributed by atoms with Crippen molar-refractivity contribution in [2.24, 2.45) is 0 Å². The van der Waals surface area contributed by atoms with E-state index in [1.165, 1.54) is 19.1 Å². The summed E-state index contributed by atoms with van der Waals surface area (Å²) in [6, 6.07) is 4.33. The highest BCUT2D eigenvalue weighted by Gasteiger charge is 2.35. The van der Waals surface area contributed by atoms with Gasteiger partial charge in [-0.05, 0) is 44.4 Å². The molecule has 192 valence electrons. The van der Waals surface area contributed by atoms with Gasteiger partial charge in [-0.3, -0.25) is 4.79 Å². The largest absolute Gasteiger partial charge is 0.417 e. The number of aliphatic hydroxyl groups is 1. The fraction of sp³-hybridized carbons (Fsp3) is 0.667. The number of rotatable bonds is 15. The molecule has 10 heteroatoms. The first-order valence-corrected chi connectivity index (χ1v) is 13.5. The Morgan fingerprint density at radius 1 is 1.03 bits per heavy atom. The molecule has 0 aliphatic carbocycles. The van der Waals surface area contributed by atoms with Gasteiger partial charge in [0.1, 0.15) is 15.4 Å². The van der Waals surface area contributed by atoms with Crippen molar-refractivity contribution < 1.29 is 31.5 Å². The third kappa shape index (κ3) is 10.9. The molecule has 1 aromatic carbocycles. The predicted molar refractivity (Wildman–Crippen MR) is 126 cm³/mol. The van der Waals surface area contributed by atoms with Crippen LogP contribution in [0.25, 0.3) is 0 Å². The van der Waals surface area contributed by atoms with Crippen LogP contribution in [-0.4, -0.2) is 36.5 Å². The third-order valence-electron chi connectivity index (χ3n) is 5.62. The number of alkyl halides is 3. The number of sulfone groups is 1. The Balaban J connectivity index is 2.36. The fourth-order valence-electron chi connectivity index (χ4n) is 3.47. The second kappa shape index (κ2) is 13.7. The number of nitrogens with zero attached hydrogens (tertiary/aromatic N) is 1. The smallest absolute Gasteiger partial charge is 0.380 e. The summed E-state index contributed by atoms with van der Waals surface area (Å²) in [5.74, 6) is -0.324. The molecule has 0 radical (unpaired) electrons. The first-order chi connectivity index (χ1) is 15.8. The number of benzene rings is 1. The average Bonchev–Trinajstić information content (AvgIpc) is 2.75. The minimum absolute atomic E-state index is 0.145. The molecule has 34 heavy (non-hydrogen) atoms. The van der Waals surface area contributed by atoms with Gasteiger partial charge in [0.15, 0.2) is 0 Å². The zero-order valence-electron chi connectivity index (χ0n) is 19.9. The number of anilines is 1. The highest BCUT2D eigenvalue weighted by atomic mass is 32.2. The monoisotopic (exact) mass is 504 g/mol. The van der Waals surface area contributed by atoms with E-state index in [4.69, 9.17) is 5.26 Å². The summed E-state index contributed by atoms with van der Waals surface area (Å²) in [5.41, 5.74) is -3.59. The van der Waals surface area contributed by atoms with Crippen LogP contribution in [0, 0.1) is 11.3 Å². The topological polar surface area (TPSA) is 107 Å². The van der Waals surface area contributed by atoms with Crippen molar-refractivity contribution in [3.8, 4) is 6.07 Å². The molecule has 0 bridgehead atoms. The van der Waals surface area contributed by atoms with Gasteiger partial charge in [-0.15, -0.1) is 0 Å². The van der Waals surface area contributed by atoms with Crippen LogP contribution in [-0.2, 0) is 20.8 Å². The Bertz CT molecular complexity index is 939. The Labute approximate surface area is 200 Å². The van der Waals surface area contributed by atoms with Crippen molar-refractivity contribution in [1.29, 1.82) is 5.26 Å². The number of unbranched alkanes of at least 4 members (excludes halogenated alkanes) is 7. The zero-order valence-corrected chi connectivity index (χ0v) is 20.7. The molecule has 0 spiro atoms. The van der Waals surface area contributed by atoms with E-state index in [2.05, 4.69) is 5.32 Å². The maximum Gasteiger partial charge on any atom is 0.417 e. The maximum atomic E-state index is 13.1. The molecule has 1 unspecified atom stereocenters. The maximum absolute atomic E-state index is 13.1. The third-order valence-corrected chi connectivity index (χ3v) is 7.44. The molecule has 0 saturated carbocycles.